The molecule has 0 saturated heterocycles. The van der Waals surface area contributed by atoms with Crippen molar-refractivity contribution in [2.45, 2.75) is 13.3 Å². The maximum atomic E-state index is 13.5. The van der Waals surface area contributed by atoms with E-state index in [4.69, 9.17) is 19.2 Å². The highest BCUT2D eigenvalue weighted by molar-refractivity contribution is 7.43. The fourth-order valence-corrected chi connectivity index (χ4v) is 4.04. The summed E-state index contributed by atoms with van der Waals surface area (Å²) in [4.78, 5) is 49.9. The molecular weight excluding hydrogens is 493 g/mol. The second kappa shape index (κ2) is 11.4. The van der Waals surface area contributed by atoms with E-state index >= 15 is 0 Å². The van der Waals surface area contributed by atoms with E-state index in [1.165, 1.54) is 0 Å². The number of ketones is 2. The number of rotatable bonds is 7. The number of hydrogen-bond acceptors (Lipinski definition) is 6. The zero-order valence-corrected chi connectivity index (χ0v) is 22.2. The van der Waals surface area contributed by atoms with Crippen LogP contribution in [-0.2, 0) is 4.57 Å². The van der Waals surface area contributed by atoms with Crippen LogP contribution in [0, 0.1) is 6.92 Å². The lowest BCUT2D eigenvalue weighted by atomic mass is 9.82. The molecule has 0 atom stereocenters. The first-order chi connectivity index (χ1) is 17.2. The third-order valence-corrected chi connectivity index (χ3v) is 5.73. The molecule has 37 heavy (non-hydrogen) atoms. The highest BCUT2D eigenvalue weighted by Crippen LogP contribution is 2.37. The number of quaternary nitrogens is 1. The second-order valence-corrected chi connectivity index (χ2v) is 10.9. The summed E-state index contributed by atoms with van der Waals surface area (Å²) >= 11 is 0. The molecule has 0 unspecified atom stereocenters. The maximum Gasteiger partial charge on any atom is 0.262 e. The van der Waals surface area contributed by atoms with Gasteiger partial charge in [0.05, 0.1) is 44.5 Å². The minimum absolute atomic E-state index is 0.114. The van der Waals surface area contributed by atoms with E-state index in [2.05, 4.69) is 31.8 Å². The van der Waals surface area contributed by atoms with E-state index in [1.54, 1.807) is 24.3 Å². The Morgan fingerprint density at radius 1 is 0.838 bits per heavy atom. The fraction of sp³-hybridized carbons (Fsp3) is 0.259. The lowest BCUT2D eigenvalue weighted by Crippen LogP contribution is -2.36. The molecule has 0 fully saturated rings. The summed E-state index contributed by atoms with van der Waals surface area (Å²) in [5.74, 6) is -0.239. The third-order valence-electron chi connectivity index (χ3n) is 5.73. The number of hydrogen-bond donors (Lipinski definition) is 4. The highest BCUT2D eigenvalue weighted by atomic mass is 31.2. The normalized spacial score (nSPS) is 12.7. The van der Waals surface area contributed by atoms with Crippen LogP contribution < -0.4 is 15.5 Å². The largest absolute Gasteiger partial charge is 0.756 e. The zero-order valence-electron chi connectivity index (χ0n) is 21.3. The fourth-order valence-electron chi connectivity index (χ4n) is 4.04. The van der Waals surface area contributed by atoms with Crippen molar-refractivity contribution in [3.05, 3.63) is 88.5 Å². The minimum atomic E-state index is -4.89. The van der Waals surface area contributed by atoms with Crippen LogP contribution in [0.3, 0.4) is 0 Å². The third kappa shape index (κ3) is 7.82. The first-order valence-electron chi connectivity index (χ1n) is 11.7. The molecule has 0 heterocycles. The van der Waals surface area contributed by atoms with E-state index in [9.17, 15) is 9.59 Å². The van der Waals surface area contributed by atoms with Crippen LogP contribution in [0.15, 0.2) is 60.7 Å². The molecule has 3 aromatic carbocycles. The Labute approximate surface area is 216 Å². The molecule has 4 N–H and O–H groups in total. The molecule has 9 nitrogen and oxygen atoms in total. The predicted molar refractivity (Wildman–Crippen MR) is 142 cm³/mol. The molecule has 0 amide bonds. The van der Waals surface area contributed by atoms with Gasteiger partial charge in [0, 0.05) is 35.5 Å². The van der Waals surface area contributed by atoms with Gasteiger partial charge in [-0.1, -0.05) is 42.0 Å². The number of phosphoric acid groups is 1. The SMILES string of the molecule is Cc1ccc(Nc2ccc(NCCC[N+](C)(C)C)c3c2C(=O)c2ccccc2C3=O)cc1.O=P([O-])(O)O. The van der Waals surface area contributed by atoms with Crippen molar-refractivity contribution in [3.8, 4) is 0 Å². The molecule has 4 rings (SSSR count). The van der Waals surface area contributed by atoms with Crippen LogP contribution in [0.1, 0.15) is 43.8 Å². The average Bonchev–Trinajstić information content (AvgIpc) is 2.80. The zero-order chi connectivity index (χ0) is 27.4. The van der Waals surface area contributed by atoms with Gasteiger partial charge in [0.2, 0.25) is 0 Å². The Balaban J connectivity index is 0.000000695. The summed E-state index contributed by atoms with van der Waals surface area (Å²) in [6.45, 7) is 3.78. The Bertz CT molecular complexity index is 1330. The van der Waals surface area contributed by atoms with Crippen LogP contribution in [0.25, 0.3) is 0 Å². The standard InChI is InChI=1S/C27H29N3O2.H3O4P/c1-18-10-12-19(13-11-18)29-23-15-14-22(28-16-7-17-30(2,3)4)24-25(23)27(32)21-9-6-5-8-20(21)26(24)31;1-5(2,3)4/h5-6,8-15H,7,16-17H2,1-4H3,(H-,28,29,31,32);(H3,1,2,3,4). The van der Waals surface area contributed by atoms with Crippen LogP contribution in [0.5, 0.6) is 0 Å². The molecule has 196 valence electrons. The molecule has 3 aromatic rings. The monoisotopic (exact) mass is 525 g/mol. The van der Waals surface area contributed by atoms with Crippen molar-refractivity contribution in [3.63, 3.8) is 0 Å². The van der Waals surface area contributed by atoms with Crippen molar-refractivity contribution < 1.29 is 33.3 Å². The number of fused-ring (bicyclic) bond motifs is 2. The summed E-state index contributed by atoms with van der Waals surface area (Å²) < 4.78 is 9.65. The van der Waals surface area contributed by atoms with Crippen LogP contribution in [0.2, 0.25) is 0 Å². The molecule has 0 saturated carbocycles. The molecule has 1 aliphatic carbocycles. The Morgan fingerprint density at radius 2 is 1.32 bits per heavy atom. The van der Waals surface area contributed by atoms with Crippen molar-refractivity contribution in [2.75, 3.05) is 44.9 Å². The van der Waals surface area contributed by atoms with Crippen LogP contribution >= 0.6 is 7.82 Å². The molecule has 0 aromatic heterocycles. The molecule has 0 radical (unpaired) electrons. The topological polar surface area (TPSA) is 139 Å². The Morgan fingerprint density at radius 3 is 1.84 bits per heavy atom. The second-order valence-electron chi connectivity index (χ2n) is 9.89. The summed E-state index contributed by atoms with van der Waals surface area (Å²) in [7, 11) is 1.59. The summed E-state index contributed by atoms with van der Waals surface area (Å²) in [6.07, 6.45) is 0.959. The number of benzene rings is 3. The number of nitrogens with one attached hydrogen (secondary N) is 2. The number of aryl methyl sites for hydroxylation is 1. The van der Waals surface area contributed by atoms with Crippen LogP contribution in [-0.4, -0.2) is 60.1 Å². The van der Waals surface area contributed by atoms with Gasteiger partial charge in [-0.05, 0) is 31.2 Å². The Hall–Kier alpha value is -3.33. The van der Waals surface area contributed by atoms with Gasteiger partial charge in [-0.3, -0.25) is 14.2 Å². The molecule has 0 spiro atoms. The van der Waals surface area contributed by atoms with Crippen molar-refractivity contribution >= 4 is 36.5 Å². The summed E-state index contributed by atoms with van der Waals surface area (Å²) in [5, 5.41) is 6.77. The van der Waals surface area contributed by atoms with E-state index in [0.29, 0.717) is 33.6 Å². The van der Waals surface area contributed by atoms with Gasteiger partial charge in [0.25, 0.3) is 7.82 Å². The van der Waals surface area contributed by atoms with E-state index in [-0.39, 0.29) is 11.6 Å². The van der Waals surface area contributed by atoms with E-state index in [1.807, 2.05) is 43.3 Å². The number of carbonyl (C=O) groups is 2. The van der Waals surface area contributed by atoms with Crippen molar-refractivity contribution in [2.24, 2.45) is 0 Å². The smallest absolute Gasteiger partial charge is 0.262 e. The van der Waals surface area contributed by atoms with Crippen LogP contribution in [0.4, 0.5) is 17.1 Å². The minimum Gasteiger partial charge on any atom is -0.756 e. The molecule has 10 heteroatoms. The first kappa shape index (κ1) is 28.2. The van der Waals surface area contributed by atoms with E-state index in [0.717, 1.165) is 35.2 Å². The maximum absolute atomic E-state index is 13.5. The van der Waals surface area contributed by atoms with Gasteiger partial charge < -0.3 is 29.8 Å². The summed E-state index contributed by atoms with van der Waals surface area (Å²) in [5.41, 5.74) is 5.21. The highest BCUT2D eigenvalue weighted by Gasteiger charge is 2.33. The number of carbonyl (C=O) groups excluding carboxylic acids is 2. The summed E-state index contributed by atoms with van der Waals surface area (Å²) in [6, 6.07) is 18.8. The van der Waals surface area contributed by atoms with Gasteiger partial charge in [0.1, 0.15) is 0 Å². The molecule has 1 aliphatic rings. The van der Waals surface area contributed by atoms with Crippen molar-refractivity contribution in [1.82, 2.24) is 0 Å². The molecule has 0 aliphatic heterocycles. The lowest BCUT2D eigenvalue weighted by molar-refractivity contribution is -0.870. The lowest BCUT2D eigenvalue weighted by Gasteiger charge is -2.25. The van der Waals surface area contributed by atoms with E-state index < -0.39 is 7.82 Å². The molecule has 0 bridgehead atoms. The Kier molecular flexibility index (Phi) is 8.68. The quantitative estimate of drug-likeness (QED) is 0.163. The van der Waals surface area contributed by atoms with Crippen molar-refractivity contribution in [1.29, 1.82) is 0 Å². The van der Waals surface area contributed by atoms with Gasteiger partial charge in [-0.25, -0.2) is 0 Å². The first-order valence-corrected chi connectivity index (χ1v) is 13.3. The predicted octanol–water partition coefficient (Wildman–Crippen LogP) is 3.46. The van der Waals surface area contributed by atoms with Gasteiger partial charge in [-0.15, -0.1) is 0 Å². The van der Waals surface area contributed by atoms with Gasteiger partial charge >= 0.3 is 0 Å². The average molecular weight is 526 g/mol. The number of anilines is 3. The van der Waals surface area contributed by atoms with Gasteiger partial charge in [0.15, 0.2) is 11.6 Å². The number of nitrogens with zero attached hydrogens (tertiary/aromatic N) is 1. The molecular formula is C27H32N3O6P. The van der Waals surface area contributed by atoms with Gasteiger partial charge in [-0.2, -0.15) is 0 Å².